The van der Waals surface area contributed by atoms with Crippen LogP contribution in [0.25, 0.3) is 0 Å². The van der Waals surface area contributed by atoms with Gasteiger partial charge >= 0.3 is 0 Å². The molecular weight excluding hydrogens is 236 g/mol. The molecule has 0 aliphatic heterocycles. The number of rotatable bonds is 5. The highest BCUT2D eigenvalue weighted by atomic mass is 32.2. The maximum Gasteiger partial charge on any atom is 0.242 e. The summed E-state index contributed by atoms with van der Waals surface area (Å²) >= 11 is 0. The van der Waals surface area contributed by atoms with Crippen LogP contribution in [-0.4, -0.2) is 21.5 Å². The molecule has 0 aliphatic rings. The normalized spacial score (nSPS) is 10.5. The van der Waals surface area contributed by atoms with Crippen molar-refractivity contribution < 1.29 is 8.42 Å². The second kappa shape index (κ2) is 6.28. The minimum absolute atomic E-state index is 0.250. The van der Waals surface area contributed by atoms with Crippen molar-refractivity contribution in [2.24, 2.45) is 0 Å². The fourth-order valence-electron chi connectivity index (χ4n) is 1.34. The third-order valence-electron chi connectivity index (χ3n) is 2.05. The van der Waals surface area contributed by atoms with Crippen LogP contribution in [0.5, 0.6) is 0 Å². The van der Waals surface area contributed by atoms with Crippen LogP contribution in [-0.2, 0) is 10.0 Å². The Morgan fingerprint density at radius 3 is 2.65 bits per heavy atom. The fraction of sp³-hybridized carbons (Fsp3) is 0.333. The van der Waals surface area contributed by atoms with Crippen molar-refractivity contribution in [3.63, 3.8) is 0 Å². The third kappa shape index (κ3) is 3.77. The van der Waals surface area contributed by atoms with Gasteiger partial charge < -0.3 is 5.32 Å². The van der Waals surface area contributed by atoms with Crippen LogP contribution >= 0.6 is 0 Å². The molecule has 4 nitrogen and oxygen atoms in total. The first-order chi connectivity index (χ1) is 8.11. The van der Waals surface area contributed by atoms with E-state index in [1.807, 2.05) is 0 Å². The maximum atomic E-state index is 11.9. The predicted molar refractivity (Wildman–Crippen MR) is 69.2 cm³/mol. The number of sulfonamides is 1. The number of hydrogen-bond donors (Lipinski definition) is 2. The molecule has 2 N–H and O–H groups in total. The van der Waals surface area contributed by atoms with Gasteiger partial charge in [0.15, 0.2) is 0 Å². The quantitative estimate of drug-likeness (QED) is 0.779. The highest BCUT2D eigenvalue weighted by Crippen LogP contribution is 2.19. The minimum Gasteiger partial charge on any atom is -0.373 e. The van der Waals surface area contributed by atoms with E-state index in [2.05, 4.69) is 21.9 Å². The average Bonchev–Trinajstić information content (AvgIpc) is 2.30. The van der Waals surface area contributed by atoms with Crippen molar-refractivity contribution >= 4 is 15.7 Å². The molecule has 0 aromatic heterocycles. The van der Waals surface area contributed by atoms with Gasteiger partial charge in [0, 0.05) is 6.54 Å². The molecule has 0 spiro atoms. The summed E-state index contributed by atoms with van der Waals surface area (Å²) in [5.74, 6) is 5.57. The molecule has 0 aliphatic carbocycles. The summed E-state index contributed by atoms with van der Waals surface area (Å²) in [7, 11) is -3.44. The molecule has 1 aromatic carbocycles. The second-order valence-electron chi connectivity index (χ2n) is 3.28. The van der Waals surface area contributed by atoms with E-state index in [0.717, 1.165) is 0 Å². The van der Waals surface area contributed by atoms with Gasteiger partial charge in [0.25, 0.3) is 0 Å². The van der Waals surface area contributed by atoms with E-state index in [9.17, 15) is 8.42 Å². The summed E-state index contributed by atoms with van der Waals surface area (Å²) < 4.78 is 26.3. The summed E-state index contributed by atoms with van der Waals surface area (Å²) in [6.45, 7) is 4.28. The van der Waals surface area contributed by atoms with Gasteiger partial charge in [0.1, 0.15) is 4.90 Å². The Morgan fingerprint density at radius 2 is 2.00 bits per heavy atom. The number of benzene rings is 1. The first-order valence-corrected chi connectivity index (χ1v) is 6.82. The van der Waals surface area contributed by atoms with Gasteiger partial charge in [-0.3, -0.25) is 0 Å². The molecule has 0 heterocycles. The Bertz CT molecular complexity index is 527. The summed E-state index contributed by atoms with van der Waals surface area (Å²) in [4.78, 5) is 0.250. The highest BCUT2D eigenvalue weighted by Gasteiger charge is 2.16. The minimum atomic E-state index is -3.44. The van der Waals surface area contributed by atoms with Crippen molar-refractivity contribution in [3.05, 3.63) is 24.3 Å². The first-order valence-electron chi connectivity index (χ1n) is 5.34. The van der Waals surface area contributed by atoms with Crippen LogP contribution in [0.4, 0.5) is 5.69 Å². The molecule has 0 atom stereocenters. The lowest BCUT2D eigenvalue weighted by Gasteiger charge is -2.10. The topological polar surface area (TPSA) is 58.2 Å². The maximum absolute atomic E-state index is 11.9. The van der Waals surface area contributed by atoms with Crippen molar-refractivity contribution in [1.82, 2.24) is 4.72 Å². The largest absolute Gasteiger partial charge is 0.373 e. The molecule has 17 heavy (non-hydrogen) atoms. The van der Waals surface area contributed by atoms with E-state index in [-0.39, 0.29) is 4.90 Å². The zero-order valence-electron chi connectivity index (χ0n) is 9.95. The van der Waals surface area contributed by atoms with Crippen molar-refractivity contribution in [1.29, 1.82) is 0 Å². The van der Waals surface area contributed by atoms with E-state index in [4.69, 9.17) is 0 Å². The Kier molecular flexibility index (Phi) is 5.01. The zero-order valence-corrected chi connectivity index (χ0v) is 10.8. The summed E-state index contributed by atoms with van der Waals surface area (Å²) in [5.41, 5.74) is 0.566. The van der Waals surface area contributed by atoms with E-state index in [1.54, 1.807) is 38.1 Å². The Balaban J connectivity index is 3.02. The lowest BCUT2D eigenvalue weighted by molar-refractivity contribution is 0.584. The van der Waals surface area contributed by atoms with Crippen LogP contribution in [0.2, 0.25) is 0 Å². The lowest BCUT2D eigenvalue weighted by atomic mass is 10.3. The molecule has 0 unspecified atom stereocenters. The zero-order chi connectivity index (χ0) is 12.7. The van der Waals surface area contributed by atoms with E-state index < -0.39 is 10.0 Å². The molecule has 1 rings (SSSR count). The van der Waals surface area contributed by atoms with Crippen molar-refractivity contribution in [2.45, 2.75) is 18.7 Å². The van der Waals surface area contributed by atoms with Crippen molar-refractivity contribution in [3.8, 4) is 11.8 Å². The molecule has 92 valence electrons. The van der Waals surface area contributed by atoms with Crippen LogP contribution in [0.1, 0.15) is 13.8 Å². The van der Waals surface area contributed by atoms with Crippen LogP contribution < -0.4 is 10.0 Å². The van der Waals surface area contributed by atoms with E-state index in [1.165, 1.54) is 0 Å². The fourth-order valence-corrected chi connectivity index (χ4v) is 2.57. The van der Waals surface area contributed by atoms with Crippen LogP contribution in [0.15, 0.2) is 29.2 Å². The molecule has 0 saturated heterocycles. The van der Waals surface area contributed by atoms with Gasteiger partial charge in [0.2, 0.25) is 10.0 Å². The molecule has 0 saturated carbocycles. The number of anilines is 1. The smallest absolute Gasteiger partial charge is 0.242 e. The van der Waals surface area contributed by atoms with Gasteiger partial charge in [0.05, 0.1) is 12.2 Å². The number of para-hydroxylation sites is 1. The number of nitrogens with one attached hydrogen (secondary N) is 2. The summed E-state index contributed by atoms with van der Waals surface area (Å²) in [6, 6.07) is 6.77. The van der Waals surface area contributed by atoms with E-state index in [0.29, 0.717) is 18.8 Å². The Labute approximate surface area is 102 Å². The van der Waals surface area contributed by atoms with Gasteiger partial charge in [-0.1, -0.05) is 25.0 Å². The molecule has 0 radical (unpaired) electrons. The second-order valence-corrected chi connectivity index (χ2v) is 5.01. The molecular formula is C12H16N2O2S. The Hall–Kier alpha value is -1.51. The first kappa shape index (κ1) is 13.6. The third-order valence-corrected chi connectivity index (χ3v) is 3.66. The monoisotopic (exact) mass is 252 g/mol. The predicted octanol–water partition coefficient (Wildman–Crippen LogP) is 1.42. The van der Waals surface area contributed by atoms with Crippen LogP contribution in [0.3, 0.4) is 0 Å². The average molecular weight is 252 g/mol. The molecule has 5 heteroatoms. The lowest BCUT2D eigenvalue weighted by Crippen LogP contribution is -2.24. The number of hydrogen-bond acceptors (Lipinski definition) is 3. The standard InChI is InChI=1S/C12H16N2O2S/c1-3-5-10-13-11-8-6-7-9-12(11)17(15,16)14-4-2/h6-9,13-14H,4,10H2,1-2H3. The van der Waals surface area contributed by atoms with Gasteiger partial charge in [-0.25, -0.2) is 13.1 Å². The summed E-state index contributed by atoms with van der Waals surface area (Å²) in [5, 5.41) is 2.99. The molecule has 0 fully saturated rings. The summed E-state index contributed by atoms with van der Waals surface area (Å²) in [6.07, 6.45) is 0. The molecule has 1 aromatic rings. The highest BCUT2D eigenvalue weighted by molar-refractivity contribution is 7.89. The van der Waals surface area contributed by atoms with E-state index >= 15 is 0 Å². The van der Waals surface area contributed by atoms with Gasteiger partial charge in [-0.2, -0.15) is 0 Å². The van der Waals surface area contributed by atoms with Crippen LogP contribution in [0, 0.1) is 11.8 Å². The van der Waals surface area contributed by atoms with Gasteiger partial charge in [-0.15, -0.1) is 5.92 Å². The Morgan fingerprint density at radius 1 is 1.29 bits per heavy atom. The molecule has 0 bridgehead atoms. The SMILES string of the molecule is CC#CCNc1ccccc1S(=O)(=O)NCC. The van der Waals surface area contributed by atoms with Crippen molar-refractivity contribution in [2.75, 3.05) is 18.4 Å². The molecule has 0 amide bonds. The van der Waals surface area contributed by atoms with Gasteiger partial charge in [-0.05, 0) is 19.1 Å².